The maximum atomic E-state index is 2.08. The first kappa shape index (κ1) is 16.4. The van der Waals surface area contributed by atoms with Crippen molar-refractivity contribution < 1.29 is 32.7 Å². The average Bonchev–Trinajstić information content (AvgIpc) is 1.69. The van der Waals surface area contributed by atoms with E-state index in [1.165, 1.54) is 5.56 Å². The van der Waals surface area contributed by atoms with Crippen LogP contribution < -0.4 is 0 Å². The Labute approximate surface area is 75.8 Å². The zero-order chi connectivity index (χ0) is 5.11. The fourth-order valence-electron chi connectivity index (χ4n) is 0.534. The maximum Gasteiger partial charge on any atom is 4.00 e. The van der Waals surface area contributed by atoms with Crippen molar-refractivity contribution in [2.45, 2.75) is 6.92 Å². The Morgan fingerprint density at radius 3 is 1.50 bits per heavy atom. The molecule has 0 aliphatic rings. The van der Waals surface area contributed by atoms with Crippen molar-refractivity contribution in [2.24, 2.45) is 0 Å². The molecular formula is C7H8O2Ti. The third-order valence-electron chi connectivity index (χ3n) is 0.940. The second-order valence-electron chi connectivity index (χ2n) is 1.65. The molecule has 10 heavy (non-hydrogen) atoms. The Kier molecular flexibility index (Phi) is 14.6. The molecule has 0 bridgehead atoms. The van der Waals surface area contributed by atoms with Crippen LogP contribution >= 0.6 is 0 Å². The molecule has 0 aliphatic carbocycles. The Morgan fingerprint density at radius 2 is 1.30 bits per heavy atom. The Morgan fingerprint density at radius 1 is 0.900 bits per heavy atom. The van der Waals surface area contributed by atoms with Gasteiger partial charge in [0.25, 0.3) is 0 Å². The largest absolute Gasteiger partial charge is 4.00 e. The van der Waals surface area contributed by atoms with Crippen LogP contribution in [0.1, 0.15) is 5.56 Å². The molecule has 2 nitrogen and oxygen atoms in total. The van der Waals surface area contributed by atoms with Gasteiger partial charge in [-0.25, -0.2) is 0 Å². The van der Waals surface area contributed by atoms with Gasteiger partial charge in [-0.2, -0.15) is 0 Å². The normalized spacial score (nSPS) is 6.10. The van der Waals surface area contributed by atoms with E-state index >= 15 is 0 Å². The van der Waals surface area contributed by atoms with E-state index in [4.69, 9.17) is 0 Å². The Bertz CT molecular complexity index is 142. The molecule has 1 aromatic rings. The summed E-state index contributed by atoms with van der Waals surface area (Å²) in [4.78, 5) is 0. The molecule has 3 heteroatoms. The van der Waals surface area contributed by atoms with Crippen molar-refractivity contribution >= 4 is 0 Å². The van der Waals surface area contributed by atoms with Crippen molar-refractivity contribution in [3.63, 3.8) is 0 Å². The quantitative estimate of drug-likeness (QED) is 0.535. The van der Waals surface area contributed by atoms with Gasteiger partial charge in [0.1, 0.15) is 0 Å². The van der Waals surface area contributed by atoms with Crippen LogP contribution in [0.4, 0.5) is 0 Å². The second kappa shape index (κ2) is 8.85. The molecule has 52 valence electrons. The molecule has 0 aliphatic heterocycles. The van der Waals surface area contributed by atoms with Crippen LogP contribution in [0.5, 0.6) is 0 Å². The molecule has 0 amide bonds. The summed E-state index contributed by atoms with van der Waals surface area (Å²) in [6.07, 6.45) is 0. The summed E-state index contributed by atoms with van der Waals surface area (Å²) in [7, 11) is 0. The smallest absolute Gasteiger partial charge is 2.00 e. The van der Waals surface area contributed by atoms with Crippen molar-refractivity contribution in [1.82, 2.24) is 0 Å². The number of aryl methyl sites for hydroxylation is 1. The zero-order valence-corrected chi connectivity index (χ0v) is 7.26. The van der Waals surface area contributed by atoms with E-state index in [1.807, 2.05) is 18.2 Å². The van der Waals surface area contributed by atoms with Crippen molar-refractivity contribution in [3.8, 4) is 0 Å². The van der Waals surface area contributed by atoms with Gasteiger partial charge >= 0.3 is 21.7 Å². The van der Waals surface area contributed by atoms with Crippen molar-refractivity contribution in [1.29, 1.82) is 0 Å². The number of rotatable bonds is 0. The number of hydrogen-bond donors (Lipinski definition) is 0. The van der Waals surface area contributed by atoms with Crippen LogP contribution in [0.15, 0.2) is 30.3 Å². The molecule has 1 rings (SSSR count). The van der Waals surface area contributed by atoms with E-state index in [0.717, 1.165) is 0 Å². The topological polar surface area (TPSA) is 57.0 Å². The predicted octanol–water partition coefficient (Wildman–Crippen LogP) is 1.75. The van der Waals surface area contributed by atoms with Crippen LogP contribution in [-0.4, -0.2) is 0 Å². The summed E-state index contributed by atoms with van der Waals surface area (Å²) < 4.78 is 0. The van der Waals surface area contributed by atoms with E-state index in [-0.39, 0.29) is 32.7 Å². The van der Waals surface area contributed by atoms with Crippen LogP contribution in [0.2, 0.25) is 0 Å². The van der Waals surface area contributed by atoms with Gasteiger partial charge in [0, 0.05) is 0 Å². The minimum absolute atomic E-state index is 0. The summed E-state index contributed by atoms with van der Waals surface area (Å²) in [6, 6.07) is 10.3. The molecule has 0 saturated carbocycles. The molecule has 0 spiro atoms. The monoisotopic (exact) mass is 172 g/mol. The average molecular weight is 172 g/mol. The molecule has 0 unspecified atom stereocenters. The fraction of sp³-hybridized carbons (Fsp3) is 0.143. The van der Waals surface area contributed by atoms with Gasteiger partial charge in [-0.3, -0.25) is 0 Å². The SMILES string of the molecule is Cc1ccccc1.[O-2].[O-2].[Ti+4]. The van der Waals surface area contributed by atoms with Gasteiger partial charge in [0.15, 0.2) is 0 Å². The van der Waals surface area contributed by atoms with E-state index in [9.17, 15) is 0 Å². The van der Waals surface area contributed by atoms with Crippen molar-refractivity contribution in [3.05, 3.63) is 35.9 Å². The van der Waals surface area contributed by atoms with Crippen molar-refractivity contribution in [2.75, 3.05) is 0 Å². The van der Waals surface area contributed by atoms with Gasteiger partial charge in [-0.15, -0.1) is 0 Å². The molecule has 1 aromatic carbocycles. The number of hydrogen-bond acceptors (Lipinski definition) is 0. The minimum atomic E-state index is 0. The standard InChI is InChI=1S/C7H8.2O.Ti/c1-7-5-3-2-4-6-7;;;/h2-6H,1H3;;;/q;2*-2;+4. The first-order valence-corrected chi connectivity index (χ1v) is 2.41. The maximum absolute atomic E-state index is 2.08. The first-order chi connectivity index (χ1) is 3.39. The van der Waals surface area contributed by atoms with Gasteiger partial charge in [0.2, 0.25) is 0 Å². The summed E-state index contributed by atoms with van der Waals surface area (Å²) >= 11 is 0. The van der Waals surface area contributed by atoms with Gasteiger partial charge in [-0.1, -0.05) is 35.9 Å². The van der Waals surface area contributed by atoms with Gasteiger partial charge < -0.3 is 11.0 Å². The Hall–Kier alpha value is -0.146. The summed E-state index contributed by atoms with van der Waals surface area (Å²) in [6.45, 7) is 2.08. The molecule has 0 saturated heterocycles. The summed E-state index contributed by atoms with van der Waals surface area (Å²) in [5, 5.41) is 0. The molecule has 0 radical (unpaired) electrons. The third-order valence-corrected chi connectivity index (χ3v) is 0.940. The summed E-state index contributed by atoms with van der Waals surface area (Å²) in [5.74, 6) is 0. The van der Waals surface area contributed by atoms with E-state index in [0.29, 0.717) is 0 Å². The zero-order valence-electron chi connectivity index (χ0n) is 5.70. The van der Waals surface area contributed by atoms with E-state index in [1.54, 1.807) is 0 Å². The summed E-state index contributed by atoms with van der Waals surface area (Å²) in [5.41, 5.74) is 1.32. The molecule has 0 fully saturated rings. The van der Waals surface area contributed by atoms with Crippen LogP contribution in [-0.2, 0) is 32.7 Å². The van der Waals surface area contributed by atoms with Gasteiger partial charge in [0.05, 0.1) is 0 Å². The minimum Gasteiger partial charge on any atom is -2.00 e. The second-order valence-corrected chi connectivity index (χ2v) is 1.65. The molecule has 0 atom stereocenters. The third kappa shape index (κ3) is 5.98. The van der Waals surface area contributed by atoms with Crippen LogP contribution in [0, 0.1) is 6.92 Å². The molecule has 0 aromatic heterocycles. The molecule has 0 N–H and O–H groups in total. The molecular weight excluding hydrogens is 164 g/mol. The Balaban J connectivity index is -0.000000163. The van der Waals surface area contributed by atoms with Gasteiger partial charge in [-0.05, 0) is 6.92 Å². The number of benzene rings is 1. The van der Waals surface area contributed by atoms with E-state index in [2.05, 4.69) is 19.1 Å². The predicted molar refractivity (Wildman–Crippen MR) is 32.6 cm³/mol. The first-order valence-electron chi connectivity index (χ1n) is 2.41. The fourth-order valence-corrected chi connectivity index (χ4v) is 0.534. The van der Waals surface area contributed by atoms with Crippen LogP contribution in [0.3, 0.4) is 0 Å². The van der Waals surface area contributed by atoms with Crippen LogP contribution in [0.25, 0.3) is 0 Å². The van der Waals surface area contributed by atoms with E-state index < -0.39 is 0 Å². The molecule has 0 heterocycles.